The molecule has 110 valence electrons. The first-order chi connectivity index (χ1) is 9.56. The van der Waals surface area contributed by atoms with Gasteiger partial charge in [0.25, 0.3) is 0 Å². The van der Waals surface area contributed by atoms with Crippen LogP contribution in [0.3, 0.4) is 0 Å². The summed E-state index contributed by atoms with van der Waals surface area (Å²) in [6.07, 6.45) is 2.94. The van der Waals surface area contributed by atoms with E-state index in [1.807, 2.05) is 6.07 Å². The summed E-state index contributed by atoms with van der Waals surface area (Å²) in [6.45, 7) is 5.86. The van der Waals surface area contributed by atoms with Gasteiger partial charge in [-0.1, -0.05) is 29.8 Å². The van der Waals surface area contributed by atoms with Gasteiger partial charge in [-0.2, -0.15) is 0 Å². The second-order valence-electron chi connectivity index (χ2n) is 5.58. The fourth-order valence-electron chi connectivity index (χ4n) is 2.45. The zero-order valence-electron chi connectivity index (χ0n) is 12.2. The van der Waals surface area contributed by atoms with Crippen molar-refractivity contribution in [1.82, 2.24) is 5.32 Å². The molecule has 3 nitrogen and oxygen atoms in total. The van der Waals surface area contributed by atoms with Gasteiger partial charge in [-0.25, -0.2) is 0 Å². The molecule has 0 aliphatic carbocycles. The number of carbonyl (C=O) groups excluding carboxylic acids is 1. The molecular weight excluding hydrogens is 318 g/mol. The van der Waals surface area contributed by atoms with Crippen LogP contribution in [0.15, 0.2) is 16.6 Å². The molecule has 0 fully saturated rings. The van der Waals surface area contributed by atoms with Crippen LogP contribution in [-0.2, 0) is 17.6 Å². The molecule has 1 aliphatic rings. The predicted octanol–water partition coefficient (Wildman–Crippen LogP) is 3.27. The Balaban J connectivity index is 1.88. The van der Waals surface area contributed by atoms with Gasteiger partial charge in [-0.3, -0.25) is 4.79 Å². The number of Topliss-reactive ketones (excluding diaryl/α,β-unsaturated/α-hetero) is 1. The van der Waals surface area contributed by atoms with E-state index in [4.69, 9.17) is 4.74 Å². The minimum absolute atomic E-state index is 0.284. The lowest BCUT2D eigenvalue weighted by Crippen LogP contribution is -2.24. The third kappa shape index (κ3) is 4.32. The lowest BCUT2D eigenvalue weighted by Gasteiger charge is -2.09. The minimum atomic E-state index is 0.284. The highest BCUT2D eigenvalue weighted by molar-refractivity contribution is 9.10. The molecule has 1 N–H and O–H groups in total. The summed E-state index contributed by atoms with van der Waals surface area (Å²) in [5.74, 6) is 1.22. The van der Waals surface area contributed by atoms with Crippen LogP contribution in [0.4, 0.5) is 0 Å². The Kier molecular flexibility index (Phi) is 5.61. The van der Waals surface area contributed by atoms with E-state index in [2.05, 4.69) is 41.2 Å². The SMILES string of the molecule is CC(C)NCCCC(=O)Cc1cc(Br)cc2c1OCC2. The van der Waals surface area contributed by atoms with E-state index in [9.17, 15) is 4.79 Å². The standard InChI is InChI=1S/C16H22BrNO2/c1-11(2)18-6-3-4-15(19)10-13-9-14(17)8-12-5-7-20-16(12)13/h8-9,11,18H,3-7,10H2,1-2H3. The molecule has 20 heavy (non-hydrogen) atoms. The van der Waals surface area contributed by atoms with Gasteiger partial charge in [0.05, 0.1) is 6.61 Å². The van der Waals surface area contributed by atoms with E-state index in [1.54, 1.807) is 0 Å². The second kappa shape index (κ2) is 7.23. The van der Waals surface area contributed by atoms with E-state index in [1.165, 1.54) is 5.56 Å². The second-order valence-corrected chi connectivity index (χ2v) is 6.50. The Bertz CT molecular complexity index is 486. The number of rotatable bonds is 7. The van der Waals surface area contributed by atoms with Crippen LogP contribution in [0.2, 0.25) is 0 Å². The molecule has 0 radical (unpaired) electrons. The molecule has 4 heteroatoms. The molecule has 0 saturated heterocycles. The van der Waals surface area contributed by atoms with Gasteiger partial charge < -0.3 is 10.1 Å². The number of halogens is 1. The first kappa shape index (κ1) is 15.5. The number of fused-ring (bicyclic) bond motifs is 1. The number of ether oxygens (including phenoxy) is 1. The van der Waals surface area contributed by atoms with Crippen LogP contribution < -0.4 is 10.1 Å². The molecule has 0 atom stereocenters. The first-order valence-corrected chi connectivity index (χ1v) is 8.04. The minimum Gasteiger partial charge on any atom is -0.493 e. The van der Waals surface area contributed by atoms with E-state index in [0.717, 1.165) is 41.8 Å². The molecule has 0 unspecified atom stereocenters. The average Bonchev–Trinajstić information content (AvgIpc) is 2.82. The van der Waals surface area contributed by atoms with Crippen LogP contribution in [0.25, 0.3) is 0 Å². The van der Waals surface area contributed by atoms with Crippen molar-refractivity contribution in [1.29, 1.82) is 0 Å². The molecule has 0 saturated carbocycles. The van der Waals surface area contributed by atoms with Crippen LogP contribution in [0, 0.1) is 0 Å². The topological polar surface area (TPSA) is 38.3 Å². The molecule has 0 aromatic heterocycles. The van der Waals surface area contributed by atoms with Gasteiger partial charge in [0.1, 0.15) is 11.5 Å². The fraction of sp³-hybridized carbons (Fsp3) is 0.562. The summed E-state index contributed by atoms with van der Waals surface area (Å²) in [5.41, 5.74) is 2.23. The number of carbonyl (C=O) groups is 1. The Morgan fingerprint density at radius 1 is 1.45 bits per heavy atom. The number of hydrogen-bond donors (Lipinski definition) is 1. The van der Waals surface area contributed by atoms with Crippen molar-refractivity contribution in [2.24, 2.45) is 0 Å². The number of ketones is 1. The lowest BCUT2D eigenvalue weighted by molar-refractivity contribution is -0.118. The number of hydrogen-bond acceptors (Lipinski definition) is 3. The highest BCUT2D eigenvalue weighted by Gasteiger charge is 2.19. The molecule has 0 spiro atoms. The summed E-state index contributed by atoms with van der Waals surface area (Å²) in [6, 6.07) is 4.57. The molecular formula is C16H22BrNO2. The zero-order valence-corrected chi connectivity index (χ0v) is 13.8. The van der Waals surface area contributed by atoms with Gasteiger partial charge >= 0.3 is 0 Å². The van der Waals surface area contributed by atoms with Crippen molar-refractivity contribution in [3.05, 3.63) is 27.7 Å². The van der Waals surface area contributed by atoms with Gasteiger partial charge in [0, 0.05) is 35.3 Å². The fourth-order valence-corrected chi connectivity index (χ4v) is 3.01. The smallest absolute Gasteiger partial charge is 0.137 e. The van der Waals surface area contributed by atoms with Crippen molar-refractivity contribution >= 4 is 21.7 Å². The molecule has 0 amide bonds. The lowest BCUT2D eigenvalue weighted by atomic mass is 10.0. The largest absolute Gasteiger partial charge is 0.493 e. The van der Waals surface area contributed by atoms with Crippen molar-refractivity contribution in [2.75, 3.05) is 13.2 Å². The van der Waals surface area contributed by atoms with Gasteiger partial charge in [-0.15, -0.1) is 0 Å². The van der Waals surface area contributed by atoms with Gasteiger partial charge in [0.15, 0.2) is 0 Å². The molecule has 0 bridgehead atoms. The van der Waals surface area contributed by atoms with Crippen LogP contribution >= 0.6 is 15.9 Å². The Hall–Kier alpha value is -0.870. The molecule has 1 aromatic rings. The summed E-state index contributed by atoms with van der Waals surface area (Å²) in [4.78, 5) is 12.1. The number of nitrogens with one attached hydrogen (secondary N) is 1. The molecule has 1 heterocycles. The van der Waals surface area contributed by atoms with Crippen molar-refractivity contribution in [3.8, 4) is 5.75 Å². The van der Waals surface area contributed by atoms with Crippen LogP contribution in [0.5, 0.6) is 5.75 Å². The highest BCUT2D eigenvalue weighted by Crippen LogP contribution is 2.33. The van der Waals surface area contributed by atoms with Crippen LogP contribution in [-0.4, -0.2) is 25.0 Å². The summed E-state index contributed by atoms with van der Waals surface area (Å²) < 4.78 is 6.69. The normalized spacial score (nSPS) is 13.4. The Morgan fingerprint density at radius 3 is 3.00 bits per heavy atom. The third-order valence-electron chi connectivity index (χ3n) is 3.40. The summed E-state index contributed by atoms with van der Waals surface area (Å²) >= 11 is 3.51. The van der Waals surface area contributed by atoms with Crippen molar-refractivity contribution in [3.63, 3.8) is 0 Å². The van der Waals surface area contributed by atoms with Crippen molar-refractivity contribution in [2.45, 2.75) is 45.6 Å². The van der Waals surface area contributed by atoms with E-state index in [0.29, 0.717) is 18.9 Å². The molecule has 1 aromatic carbocycles. The molecule has 2 rings (SSSR count). The van der Waals surface area contributed by atoms with E-state index in [-0.39, 0.29) is 5.78 Å². The quantitative estimate of drug-likeness (QED) is 0.774. The van der Waals surface area contributed by atoms with E-state index < -0.39 is 0 Å². The van der Waals surface area contributed by atoms with Crippen LogP contribution in [0.1, 0.15) is 37.8 Å². The first-order valence-electron chi connectivity index (χ1n) is 7.25. The van der Waals surface area contributed by atoms with Gasteiger partial charge in [0.2, 0.25) is 0 Å². The maximum atomic E-state index is 12.1. The number of benzene rings is 1. The summed E-state index contributed by atoms with van der Waals surface area (Å²) in [5, 5.41) is 3.33. The average molecular weight is 340 g/mol. The maximum Gasteiger partial charge on any atom is 0.137 e. The Labute approximate surface area is 129 Å². The Morgan fingerprint density at radius 2 is 2.25 bits per heavy atom. The molecule has 1 aliphatic heterocycles. The van der Waals surface area contributed by atoms with E-state index >= 15 is 0 Å². The van der Waals surface area contributed by atoms with Gasteiger partial charge in [-0.05, 0) is 30.7 Å². The third-order valence-corrected chi connectivity index (χ3v) is 3.86. The van der Waals surface area contributed by atoms with Crippen molar-refractivity contribution < 1.29 is 9.53 Å². The maximum absolute atomic E-state index is 12.1. The monoisotopic (exact) mass is 339 g/mol. The predicted molar refractivity (Wildman–Crippen MR) is 84.4 cm³/mol. The zero-order chi connectivity index (χ0) is 14.5. The highest BCUT2D eigenvalue weighted by atomic mass is 79.9. The summed E-state index contributed by atoms with van der Waals surface area (Å²) in [7, 11) is 0.